The highest BCUT2D eigenvalue weighted by atomic mass is 79.9. The Balaban J connectivity index is 2.70. The molecule has 2 rings (SSSR count). The summed E-state index contributed by atoms with van der Waals surface area (Å²) in [5.41, 5.74) is 3.25. The third-order valence-electron chi connectivity index (χ3n) is 3.17. The molecule has 112 valence electrons. The fraction of sp³-hybridized carbons (Fsp3) is 0.333. The van der Waals surface area contributed by atoms with Gasteiger partial charge in [0.25, 0.3) is 0 Å². The molecule has 0 unspecified atom stereocenters. The number of hydrogen-bond donors (Lipinski definition) is 0. The fourth-order valence-electron chi connectivity index (χ4n) is 2.18. The smallest absolute Gasteiger partial charge is 0.359 e. The second-order valence-corrected chi connectivity index (χ2v) is 6.75. The number of aromatic nitrogens is 2. The molecule has 0 atom stereocenters. The Morgan fingerprint density at radius 1 is 1.33 bits per heavy atom. The zero-order valence-electron chi connectivity index (χ0n) is 12.3. The molecule has 4 nitrogen and oxygen atoms in total. The summed E-state index contributed by atoms with van der Waals surface area (Å²) in [6.07, 6.45) is 0. The average molecular weight is 416 g/mol. The second kappa shape index (κ2) is 6.32. The number of rotatable bonds is 3. The zero-order chi connectivity index (χ0) is 15.7. The molecule has 2 aromatic rings. The first-order valence-electron chi connectivity index (χ1n) is 6.50. The van der Waals surface area contributed by atoms with Crippen molar-refractivity contribution in [2.75, 3.05) is 7.11 Å². The predicted molar refractivity (Wildman–Crippen MR) is 89.1 cm³/mol. The highest BCUT2D eigenvalue weighted by Crippen LogP contribution is 2.32. The molecule has 1 aromatic heterocycles. The predicted octanol–water partition coefficient (Wildman–Crippen LogP) is 4.62. The SMILES string of the molecule is COC(=O)c1nn(-c2ccc(Br)cc2C)c(C(C)C)c1Br. The molecule has 0 fully saturated rings. The van der Waals surface area contributed by atoms with Crippen molar-refractivity contribution in [1.82, 2.24) is 9.78 Å². The Labute approximate surface area is 140 Å². The monoisotopic (exact) mass is 414 g/mol. The molecule has 1 heterocycles. The van der Waals surface area contributed by atoms with Gasteiger partial charge < -0.3 is 4.74 Å². The van der Waals surface area contributed by atoms with Crippen LogP contribution >= 0.6 is 31.9 Å². The summed E-state index contributed by atoms with van der Waals surface area (Å²) in [5.74, 6) is -0.245. The van der Waals surface area contributed by atoms with Crippen molar-refractivity contribution in [2.24, 2.45) is 0 Å². The molecule has 0 saturated carbocycles. The van der Waals surface area contributed by atoms with E-state index in [9.17, 15) is 4.79 Å². The van der Waals surface area contributed by atoms with E-state index in [0.29, 0.717) is 10.2 Å². The summed E-state index contributed by atoms with van der Waals surface area (Å²) in [6, 6.07) is 5.96. The van der Waals surface area contributed by atoms with E-state index in [1.807, 2.05) is 29.8 Å². The van der Waals surface area contributed by atoms with Gasteiger partial charge in [-0.3, -0.25) is 0 Å². The number of hydrogen-bond acceptors (Lipinski definition) is 3. The molecule has 0 aliphatic carbocycles. The van der Waals surface area contributed by atoms with Crippen LogP contribution in [-0.2, 0) is 4.74 Å². The van der Waals surface area contributed by atoms with Gasteiger partial charge in [-0.2, -0.15) is 5.10 Å². The van der Waals surface area contributed by atoms with Crippen LogP contribution in [0.25, 0.3) is 5.69 Å². The Bertz CT molecular complexity index is 693. The van der Waals surface area contributed by atoms with E-state index in [1.165, 1.54) is 7.11 Å². The summed E-state index contributed by atoms with van der Waals surface area (Å²) < 4.78 is 8.30. The van der Waals surface area contributed by atoms with Crippen LogP contribution in [0.1, 0.15) is 41.5 Å². The molecule has 21 heavy (non-hydrogen) atoms. The van der Waals surface area contributed by atoms with Crippen molar-refractivity contribution in [2.45, 2.75) is 26.7 Å². The number of halogens is 2. The van der Waals surface area contributed by atoms with Crippen LogP contribution in [0.4, 0.5) is 0 Å². The van der Waals surface area contributed by atoms with Gasteiger partial charge in [-0.05, 0) is 52.5 Å². The van der Waals surface area contributed by atoms with Crippen LogP contribution in [0.2, 0.25) is 0 Å². The van der Waals surface area contributed by atoms with Gasteiger partial charge >= 0.3 is 5.97 Å². The summed E-state index contributed by atoms with van der Waals surface area (Å²) in [7, 11) is 1.35. The highest BCUT2D eigenvalue weighted by molar-refractivity contribution is 9.10. The molecule has 1 aromatic carbocycles. The van der Waals surface area contributed by atoms with Gasteiger partial charge in [0.1, 0.15) is 0 Å². The molecule has 0 spiro atoms. The van der Waals surface area contributed by atoms with Crippen LogP contribution in [0.3, 0.4) is 0 Å². The summed E-state index contributed by atoms with van der Waals surface area (Å²) in [6.45, 7) is 6.14. The van der Waals surface area contributed by atoms with E-state index in [4.69, 9.17) is 4.74 Å². The van der Waals surface area contributed by atoms with E-state index in [1.54, 1.807) is 0 Å². The van der Waals surface area contributed by atoms with E-state index in [-0.39, 0.29) is 5.92 Å². The van der Waals surface area contributed by atoms with Crippen LogP contribution in [0.15, 0.2) is 27.1 Å². The largest absolute Gasteiger partial charge is 0.464 e. The third kappa shape index (κ3) is 3.06. The fourth-order valence-corrected chi connectivity index (χ4v) is 3.52. The van der Waals surface area contributed by atoms with Crippen LogP contribution < -0.4 is 0 Å². The number of aryl methyl sites for hydroxylation is 1. The maximum absolute atomic E-state index is 11.9. The number of methoxy groups -OCH3 is 1. The zero-order valence-corrected chi connectivity index (χ0v) is 15.4. The molecule has 0 aliphatic rings. The van der Waals surface area contributed by atoms with Gasteiger partial charge in [0.2, 0.25) is 0 Å². The first-order valence-corrected chi connectivity index (χ1v) is 8.08. The lowest BCUT2D eigenvalue weighted by Crippen LogP contribution is -2.07. The molecule has 0 amide bonds. The maximum atomic E-state index is 11.9. The number of ether oxygens (including phenoxy) is 1. The van der Waals surface area contributed by atoms with Gasteiger partial charge in [0.05, 0.1) is 23.0 Å². The molecule has 0 saturated heterocycles. The van der Waals surface area contributed by atoms with Crippen molar-refractivity contribution in [1.29, 1.82) is 0 Å². The maximum Gasteiger partial charge on any atom is 0.359 e. The molecule has 0 radical (unpaired) electrons. The first-order chi connectivity index (χ1) is 9.86. The van der Waals surface area contributed by atoms with E-state index >= 15 is 0 Å². The number of benzene rings is 1. The quantitative estimate of drug-likeness (QED) is 0.687. The number of esters is 1. The van der Waals surface area contributed by atoms with Crippen molar-refractivity contribution < 1.29 is 9.53 Å². The minimum atomic E-state index is -0.447. The van der Waals surface area contributed by atoms with E-state index in [0.717, 1.165) is 21.4 Å². The molecule has 6 heteroatoms. The summed E-state index contributed by atoms with van der Waals surface area (Å²) in [5, 5.41) is 4.44. The minimum Gasteiger partial charge on any atom is -0.464 e. The van der Waals surface area contributed by atoms with Gasteiger partial charge in [-0.15, -0.1) is 0 Å². The standard InChI is InChI=1S/C15H16Br2N2O2/c1-8(2)14-12(17)13(15(20)21-4)18-19(14)11-6-5-10(16)7-9(11)3/h5-8H,1-4H3. The Morgan fingerprint density at radius 2 is 2.00 bits per heavy atom. The molecular formula is C15H16Br2N2O2. The van der Waals surface area contributed by atoms with Crippen molar-refractivity contribution in [3.05, 3.63) is 44.1 Å². The minimum absolute atomic E-state index is 0.202. The van der Waals surface area contributed by atoms with E-state index in [2.05, 4.69) is 50.8 Å². The first kappa shape index (κ1) is 16.2. The lowest BCUT2D eigenvalue weighted by molar-refractivity contribution is 0.0592. The lowest BCUT2D eigenvalue weighted by atomic mass is 10.1. The Kier molecular flexibility index (Phi) is 4.88. The summed E-state index contributed by atoms with van der Waals surface area (Å²) >= 11 is 6.94. The Morgan fingerprint density at radius 3 is 2.52 bits per heavy atom. The van der Waals surface area contributed by atoms with Gasteiger partial charge in [0.15, 0.2) is 5.69 Å². The topological polar surface area (TPSA) is 44.1 Å². The van der Waals surface area contributed by atoms with Crippen LogP contribution in [-0.4, -0.2) is 22.9 Å². The lowest BCUT2D eigenvalue weighted by Gasteiger charge is -2.13. The third-order valence-corrected chi connectivity index (χ3v) is 4.45. The summed E-state index contributed by atoms with van der Waals surface area (Å²) in [4.78, 5) is 11.9. The number of nitrogens with zero attached hydrogens (tertiary/aromatic N) is 2. The number of carbonyl (C=O) groups is 1. The molecule has 0 N–H and O–H groups in total. The molecule has 0 aliphatic heterocycles. The van der Waals surface area contributed by atoms with Crippen molar-refractivity contribution >= 4 is 37.8 Å². The van der Waals surface area contributed by atoms with Crippen LogP contribution in [0, 0.1) is 6.92 Å². The van der Waals surface area contributed by atoms with Crippen LogP contribution in [0.5, 0.6) is 0 Å². The Hall–Kier alpha value is -1.14. The van der Waals surface area contributed by atoms with Gasteiger partial charge in [-0.1, -0.05) is 29.8 Å². The normalized spacial score (nSPS) is 11.0. The highest BCUT2D eigenvalue weighted by Gasteiger charge is 2.24. The van der Waals surface area contributed by atoms with Gasteiger partial charge in [0, 0.05) is 4.47 Å². The number of carbonyl (C=O) groups excluding carboxylic acids is 1. The molecule has 0 bridgehead atoms. The van der Waals surface area contributed by atoms with Gasteiger partial charge in [-0.25, -0.2) is 9.48 Å². The van der Waals surface area contributed by atoms with Crippen molar-refractivity contribution in [3.63, 3.8) is 0 Å². The second-order valence-electron chi connectivity index (χ2n) is 5.04. The van der Waals surface area contributed by atoms with E-state index < -0.39 is 5.97 Å². The molecular weight excluding hydrogens is 400 g/mol. The average Bonchev–Trinajstić information content (AvgIpc) is 2.75. The van der Waals surface area contributed by atoms with Crippen molar-refractivity contribution in [3.8, 4) is 5.69 Å².